The van der Waals surface area contributed by atoms with Gasteiger partial charge in [-0.1, -0.05) is 19.1 Å². The maximum atomic E-state index is 11.6. The van der Waals surface area contributed by atoms with Gasteiger partial charge < -0.3 is 10.1 Å². The van der Waals surface area contributed by atoms with Gasteiger partial charge in [-0.25, -0.2) is 0 Å². The van der Waals surface area contributed by atoms with Gasteiger partial charge in [0.2, 0.25) is 0 Å². The van der Waals surface area contributed by atoms with Crippen LogP contribution in [0.3, 0.4) is 0 Å². The molecule has 0 amide bonds. The van der Waals surface area contributed by atoms with E-state index in [-0.39, 0.29) is 16.8 Å². The van der Waals surface area contributed by atoms with Crippen molar-refractivity contribution in [1.82, 2.24) is 10.2 Å². The van der Waals surface area contributed by atoms with Gasteiger partial charge >= 0.3 is 0 Å². The quantitative estimate of drug-likeness (QED) is 0.540. The van der Waals surface area contributed by atoms with E-state index in [0.29, 0.717) is 5.70 Å². The van der Waals surface area contributed by atoms with E-state index in [1.54, 1.807) is 6.20 Å². The number of aromatic amines is 1. The molecule has 0 bridgehead atoms. The highest BCUT2D eigenvalue weighted by Gasteiger charge is 2.49. The lowest BCUT2D eigenvalue weighted by Crippen LogP contribution is -2.27. The summed E-state index contributed by atoms with van der Waals surface area (Å²) in [7, 11) is 1.91. The molecule has 1 aromatic carbocycles. The molecule has 7 heteroatoms. The molecule has 0 saturated carbocycles. The van der Waals surface area contributed by atoms with Crippen molar-refractivity contribution in [2.45, 2.75) is 46.1 Å². The summed E-state index contributed by atoms with van der Waals surface area (Å²) in [5, 5.41) is 22.0. The number of H-pyrrole nitrogens is 1. The maximum Gasteiger partial charge on any atom is 0.253 e. The summed E-state index contributed by atoms with van der Waals surface area (Å²) in [5.74, 6) is 0.819. The Morgan fingerprint density at radius 3 is 2.73 bits per heavy atom. The van der Waals surface area contributed by atoms with E-state index in [0.717, 1.165) is 52.3 Å². The third kappa shape index (κ3) is 3.28. The summed E-state index contributed by atoms with van der Waals surface area (Å²) >= 11 is 0. The fourth-order valence-corrected chi connectivity index (χ4v) is 5.00. The number of fused-ring (bicyclic) bond motifs is 1. The topological polar surface area (TPSA) is 93.1 Å². The van der Waals surface area contributed by atoms with Crippen molar-refractivity contribution >= 4 is 5.69 Å². The average Bonchev–Trinajstić information content (AvgIpc) is 3.34. The molecule has 1 aliphatic carbocycles. The van der Waals surface area contributed by atoms with Gasteiger partial charge in [0.25, 0.3) is 5.70 Å². The number of hydrogen-bond acceptors (Lipinski definition) is 5. The number of hydrogen-bond donors (Lipinski definition) is 2. The van der Waals surface area contributed by atoms with Crippen molar-refractivity contribution in [2.75, 3.05) is 12.4 Å². The summed E-state index contributed by atoms with van der Waals surface area (Å²) in [6.45, 7) is 7.84. The van der Waals surface area contributed by atoms with E-state index in [2.05, 4.69) is 40.6 Å². The third-order valence-corrected chi connectivity index (χ3v) is 6.61. The molecule has 0 spiro atoms. The number of nitrogens with zero attached hydrogens (tertiary/aromatic N) is 2. The number of allylic oxidation sites excluding steroid dienone is 4. The zero-order valence-electron chi connectivity index (χ0n) is 18.1. The second kappa shape index (κ2) is 7.31. The number of rotatable bonds is 5. The summed E-state index contributed by atoms with van der Waals surface area (Å²) < 4.78 is 6.50. The monoisotopic (exact) mass is 408 g/mol. The van der Waals surface area contributed by atoms with Crippen LogP contribution in [0.15, 0.2) is 53.1 Å². The molecule has 30 heavy (non-hydrogen) atoms. The van der Waals surface area contributed by atoms with Crippen molar-refractivity contribution in [1.29, 1.82) is 0 Å². The highest BCUT2D eigenvalue weighted by Crippen LogP contribution is 2.50. The molecule has 3 unspecified atom stereocenters. The fraction of sp³-hybridized carbons (Fsp3) is 0.435. The second-order valence-electron chi connectivity index (χ2n) is 8.68. The first kappa shape index (κ1) is 20.2. The lowest BCUT2D eigenvalue weighted by Gasteiger charge is -2.25. The van der Waals surface area contributed by atoms with Crippen molar-refractivity contribution in [3.63, 3.8) is 0 Å². The Kier molecular flexibility index (Phi) is 4.92. The minimum Gasteiger partial charge on any atom is -0.491 e. The zero-order valence-corrected chi connectivity index (χ0v) is 18.1. The van der Waals surface area contributed by atoms with Crippen LogP contribution in [0, 0.1) is 22.0 Å². The lowest BCUT2D eigenvalue weighted by molar-refractivity contribution is -0.436. The Morgan fingerprint density at radius 2 is 2.10 bits per heavy atom. The maximum absolute atomic E-state index is 11.6. The standard InChI is InChI=1S/C23H28N4O3/c1-13-14(2)22-18(15(3)21(13)27(28)29)12-23(4,30-22)11-16-6-7-17(20(10-16)24-5)19-8-9-25-26-19/h6-10,15,18,24H,11-12H2,1-5H3,(H,25,26). The predicted molar refractivity (Wildman–Crippen MR) is 116 cm³/mol. The van der Waals surface area contributed by atoms with E-state index in [9.17, 15) is 10.1 Å². The smallest absolute Gasteiger partial charge is 0.253 e. The van der Waals surface area contributed by atoms with Crippen LogP contribution in [0.4, 0.5) is 5.69 Å². The van der Waals surface area contributed by atoms with Gasteiger partial charge in [0, 0.05) is 42.4 Å². The molecular formula is C23H28N4O3. The summed E-state index contributed by atoms with van der Waals surface area (Å²) in [5.41, 5.74) is 5.79. The van der Waals surface area contributed by atoms with Gasteiger partial charge in [-0.3, -0.25) is 15.2 Å². The molecule has 2 heterocycles. The van der Waals surface area contributed by atoms with Crippen LogP contribution in [0.5, 0.6) is 0 Å². The van der Waals surface area contributed by atoms with Crippen molar-refractivity contribution in [2.24, 2.45) is 11.8 Å². The molecule has 1 fully saturated rings. The van der Waals surface area contributed by atoms with Crippen LogP contribution in [-0.4, -0.2) is 27.8 Å². The van der Waals surface area contributed by atoms with Crippen molar-refractivity contribution in [3.05, 3.63) is 68.7 Å². The van der Waals surface area contributed by atoms with E-state index < -0.39 is 5.60 Å². The highest BCUT2D eigenvalue weighted by atomic mass is 16.6. The normalized spacial score (nSPS) is 25.9. The second-order valence-corrected chi connectivity index (χ2v) is 8.68. The first-order chi connectivity index (χ1) is 14.2. The first-order valence-electron chi connectivity index (χ1n) is 10.3. The van der Waals surface area contributed by atoms with Crippen LogP contribution in [-0.2, 0) is 11.2 Å². The van der Waals surface area contributed by atoms with E-state index >= 15 is 0 Å². The number of anilines is 1. The predicted octanol–water partition coefficient (Wildman–Crippen LogP) is 4.93. The average molecular weight is 409 g/mol. The van der Waals surface area contributed by atoms with Crippen LogP contribution in [0.1, 0.15) is 39.7 Å². The van der Waals surface area contributed by atoms with E-state index in [1.165, 1.54) is 0 Å². The minimum absolute atomic E-state index is 0.0483. The molecule has 7 nitrogen and oxygen atoms in total. The summed E-state index contributed by atoms with van der Waals surface area (Å²) in [6, 6.07) is 8.29. The van der Waals surface area contributed by atoms with Gasteiger partial charge in [0.1, 0.15) is 11.4 Å². The van der Waals surface area contributed by atoms with Gasteiger partial charge in [-0.15, -0.1) is 0 Å². The first-order valence-corrected chi connectivity index (χ1v) is 10.3. The zero-order chi connectivity index (χ0) is 21.6. The molecule has 1 aliphatic heterocycles. The minimum atomic E-state index is -0.400. The van der Waals surface area contributed by atoms with Gasteiger partial charge in [-0.05, 0) is 50.5 Å². The third-order valence-electron chi connectivity index (χ3n) is 6.61. The van der Waals surface area contributed by atoms with Crippen LogP contribution in [0.2, 0.25) is 0 Å². The Morgan fingerprint density at radius 1 is 1.33 bits per heavy atom. The molecular weight excluding hydrogens is 380 g/mol. The van der Waals surface area contributed by atoms with Gasteiger partial charge in [0.05, 0.1) is 16.5 Å². The largest absolute Gasteiger partial charge is 0.491 e. The molecule has 2 N–H and O–H groups in total. The summed E-state index contributed by atoms with van der Waals surface area (Å²) in [6.07, 6.45) is 3.24. The van der Waals surface area contributed by atoms with E-state index in [1.807, 2.05) is 33.9 Å². The number of benzene rings is 1. The Hall–Kier alpha value is -3.09. The molecule has 2 aromatic rings. The molecule has 0 radical (unpaired) electrons. The van der Waals surface area contributed by atoms with Gasteiger partial charge in [-0.2, -0.15) is 5.10 Å². The number of nitrogens with one attached hydrogen (secondary N) is 2. The molecule has 2 aliphatic rings. The number of nitro groups is 1. The Labute approximate surface area is 176 Å². The number of ether oxygens (including phenoxy) is 1. The molecule has 158 valence electrons. The number of aromatic nitrogens is 2. The molecule has 1 aromatic heterocycles. The fourth-order valence-electron chi connectivity index (χ4n) is 5.00. The van der Waals surface area contributed by atoms with Gasteiger partial charge in [0.15, 0.2) is 0 Å². The van der Waals surface area contributed by atoms with Crippen LogP contribution >= 0.6 is 0 Å². The van der Waals surface area contributed by atoms with Crippen molar-refractivity contribution < 1.29 is 9.66 Å². The van der Waals surface area contributed by atoms with Crippen molar-refractivity contribution in [3.8, 4) is 11.3 Å². The molecule has 4 rings (SSSR count). The van der Waals surface area contributed by atoms with Crippen LogP contribution in [0.25, 0.3) is 11.3 Å². The molecule has 1 saturated heterocycles. The Balaban J connectivity index is 1.61. The van der Waals surface area contributed by atoms with E-state index in [4.69, 9.17) is 4.74 Å². The molecule has 3 atom stereocenters. The SMILES string of the molecule is CNc1cc(CC2(C)CC3C(=C(C)C(C)=C([N+](=O)[O-])C3C)O2)ccc1-c1ccn[nH]1. The highest BCUT2D eigenvalue weighted by molar-refractivity contribution is 5.75. The lowest BCUT2D eigenvalue weighted by atomic mass is 9.76. The van der Waals surface area contributed by atoms with Crippen LogP contribution < -0.4 is 5.32 Å². The summed E-state index contributed by atoms with van der Waals surface area (Å²) in [4.78, 5) is 11.4. The Bertz CT molecular complexity index is 1050.